The molecule has 1 nitrogen and oxygen atoms in total. The molecule has 1 unspecified atom stereocenters. The van der Waals surface area contributed by atoms with Gasteiger partial charge in [-0.1, -0.05) is 30.0 Å². The summed E-state index contributed by atoms with van der Waals surface area (Å²) < 4.78 is 13.2. The van der Waals surface area contributed by atoms with Crippen molar-refractivity contribution in [3.05, 3.63) is 65.0 Å². The summed E-state index contributed by atoms with van der Waals surface area (Å²) in [5, 5.41) is 0. The van der Waals surface area contributed by atoms with Gasteiger partial charge in [0.15, 0.2) is 0 Å². The van der Waals surface area contributed by atoms with Crippen LogP contribution in [0.4, 0.5) is 10.1 Å². The summed E-state index contributed by atoms with van der Waals surface area (Å²) in [6.07, 6.45) is 1.08. The van der Waals surface area contributed by atoms with Crippen molar-refractivity contribution in [3.63, 3.8) is 0 Å². The Labute approximate surface area is 125 Å². The Morgan fingerprint density at radius 1 is 1.24 bits per heavy atom. The summed E-state index contributed by atoms with van der Waals surface area (Å²) in [4.78, 5) is 2.33. The van der Waals surface area contributed by atoms with E-state index >= 15 is 0 Å². The van der Waals surface area contributed by atoms with Gasteiger partial charge in [0.05, 0.1) is 6.54 Å². The normalized spacial score (nSPS) is 16.3. The predicted molar refractivity (Wildman–Crippen MR) is 85.0 cm³/mol. The summed E-state index contributed by atoms with van der Waals surface area (Å²) in [5.41, 5.74) is 4.19. The minimum Gasteiger partial charge on any atom is -0.357 e. The molecule has 0 aromatic heterocycles. The topological polar surface area (TPSA) is 3.24 Å². The minimum absolute atomic E-state index is 0.178. The van der Waals surface area contributed by atoms with Crippen LogP contribution >= 0.6 is 0 Å². The molecule has 1 atom stereocenters. The van der Waals surface area contributed by atoms with Gasteiger partial charge in [-0.3, -0.25) is 0 Å². The molecule has 0 amide bonds. The van der Waals surface area contributed by atoms with E-state index in [-0.39, 0.29) is 5.82 Å². The number of para-hydroxylation sites is 1. The molecule has 1 heterocycles. The zero-order chi connectivity index (χ0) is 14.8. The van der Waals surface area contributed by atoms with Crippen molar-refractivity contribution in [3.8, 4) is 11.8 Å². The Balaban J connectivity index is 1.76. The van der Waals surface area contributed by atoms with Gasteiger partial charge in [0.2, 0.25) is 0 Å². The van der Waals surface area contributed by atoms with Gasteiger partial charge in [-0.05, 0) is 55.7 Å². The van der Waals surface area contributed by atoms with Crippen LogP contribution in [0.3, 0.4) is 0 Å². The molecule has 0 N–H and O–H groups in total. The van der Waals surface area contributed by atoms with Crippen LogP contribution in [0.15, 0.2) is 42.5 Å². The Kier molecular flexibility index (Phi) is 3.66. The van der Waals surface area contributed by atoms with E-state index in [1.807, 2.05) is 0 Å². The monoisotopic (exact) mass is 279 g/mol. The molecule has 0 aliphatic carbocycles. The van der Waals surface area contributed by atoms with Crippen molar-refractivity contribution in [2.75, 3.05) is 11.4 Å². The van der Waals surface area contributed by atoms with E-state index < -0.39 is 0 Å². The van der Waals surface area contributed by atoms with Crippen LogP contribution < -0.4 is 4.90 Å². The fourth-order valence-electron chi connectivity index (χ4n) is 2.82. The predicted octanol–water partition coefficient (Wildman–Crippen LogP) is 3.94. The van der Waals surface area contributed by atoms with E-state index in [2.05, 4.69) is 47.9 Å². The van der Waals surface area contributed by atoms with Gasteiger partial charge in [0.25, 0.3) is 0 Å². The average Bonchev–Trinajstić information content (AvgIpc) is 2.79. The lowest BCUT2D eigenvalue weighted by molar-refractivity contribution is 0.618. The summed E-state index contributed by atoms with van der Waals surface area (Å²) in [5.74, 6) is 6.17. The number of aryl methyl sites for hydroxylation is 1. The van der Waals surface area contributed by atoms with Crippen LogP contribution in [-0.2, 0) is 6.42 Å². The standard InChI is InChI=1S/C19H18FN/c1-14-12-16(9-10-18(14)20)6-5-11-21-15(2)13-17-7-3-4-8-19(17)21/h3-4,7-10,12,15H,11,13H2,1-2H3. The number of hydrogen-bond acceptors (Lipinski definition) is 1. The molecule has 0 spiro atoms. The number of anilines is 1. The van der Waals surface area contributed by atoms with E-state index in [4.69, 9.17) is 0 Å². The van der Waals surface area contributed by atoms with Crippen molar-refractivity contribution in [1.82, 2.24) is 0 Å². The first kappa shape index (κ1) is 13.7. The Morgan fingerprint density at radius 3 is 2.86 bits per heavy atom. The van der Waals surface area contributed by atoms with Crippen LogP contribution in [0.5, 0.6) is 0 Å². The fraction of sp³-hybridized carbons (Fsp3) is 0.263. The molecule has 2 aromatic rings. The first-order valence-corrected chi connectivity index (χ1v) is 7.25. The van der Waals surface area contributed by atoms with Crippen LogP contribution in [0.2, 0.25) is 0 Å². The first-order chi connectivity index (χ1) is 10.1. The number of fused-ring (bicyclic) bond motifs is 1. The second-order valence-corrected chi connectivity index (χ2v) is 5.58. The molecular weight excluding hydrogens is 261 g/mol. The molecule has 0 fully saturated rings. The number of halogens is 1. The molecule has 21 heavy (non-hydrogen) atoms. The third kappa shape index (κ3) is 2.78. The quantitative estimate of drug-likeness (QED) is 0.715. The fourth-order valence-corrected chi connectivity index (χ4v) is 2.82. The number of rotatable bonds is 1. The minimum atomic E-state index is -0.178. The molecule has 0 saturated carbocycles. The van der Waals surface area contributed by atoms with Gasteiger partial charge in [-0.25, -0.2) is 4.39 Å². The van der Waals surface area contributed by atoms with Crippen molar-refractivity contribution in [2.45, 2.75) is 26.3 Å². The highest BCUT2D eigenvalue weighted by atomic mass is 19.1. The number of nitrogens with zero attached hydrogens (tertiary/aromatic N) is 1. The zero-order valence-corrected chi connectivity index (χ0v) is 12.4. The molecule has 0 saturated heterocycles. The molecule has 106 valence electrons. The van der Waals surface area contributed by atoms with Gasteiger partial charge >= 0.3 is 0 Å². The van der Waals surface area contributed by atoms with Gasteiger partial charge in [0.1, 0.15) is 5.82 Å². The highest BCUT2D eigenvalue weighted by Gasteiger charge is 2.24. The van der Waals surface area contributed by atoms with Gasteiger partial charge < -0.3 is 4.90 Å². The van der Waals surface area contributed by atoms with E-state index in [9.17, 15) is 4.39 Å². The highest BCUT2D eigenvalue weighted by Crippen LogP contribution is 2.31. The molecule has 0 radical (unpaired) electrons. The van der Waals surface area contributed by atoms with Crippen molar-refractivity contribution in [2.24, 2.45) is 0 Å². The zero-order valence-electron chi connectivity index (χ0n) is 12.4. The second-order valence-electron chi connectivity index (χ2n) is 5.58. The summed E-state index contributed by atoms with van der Waals surface area (Å²) >= 11 is 0. The maximum Gasteiger partial charge on any atom is 0.126 e. The molecule has 1 aliphatic heterocycles. The maximum absolute atomic E-state index is 13.2. The van der Waals surface area contributed by atoms with Crippen molar-refractivity contribution in [1.29, 1.82) is 0 Å². The lowest BCUT2D eigenvalue weighted by Gasteiger charge is -2.21. The van der Waals surface area contributed by atoms with Gasteiger partial charge in [-0.15, -0.1) is 0 Å². The van der Waals surface area contributed by atoms with Gasteiger partial charge in [0, 0.05) is 17.3 Å². The van der Waals surface area contributed by atoms with Gasteiger partial charge in [-0.2, -0.15) is 0 Å². The highest BCUT2D eigenvalue weighted by molar-refractivity contribution is 5.60. The molecule has 3 rings (SSSR count). The SMILES string of the molecule is Cc1cc(C#CCN2c3ccccc3CC2C)ccc1F. The maximum atomic E-state index is 13.2. The lowest BCUT2D eigenvalue weighted by atomic mass is 10.1. The summed E-state index contributed by atoms with van der Waals surface area (Å²) in [6, 6.07) is 14.0. The second kappa shape index (κ2) is 5.61. The van der Waals surface area contributed by atoms with E-state index in [1.165, 1.54) is 17.3 Å². The van der Waals surface area contributed by atoms with Crippen molar-refractivity contribution < 1.29 is 4.39 Å². The van der Waals surface area contributed by atoms with Crippen LogP contribution in [0.25, 0.3) is 0 Å². The van der Waals surface area contributed by atoms with Crippen LogP contribution in [-0.4, -0.2) is 12.6 Å². The molecule has 0 bridgehead atoms. The first-order valence-electron chi connectivity index (χ1n) is 7.25. The summed E-state index contributed by atoms with van der Waals surface area (Å²) in [7, 11) is 0. The van der Waals surface area contributed by atoms with Crippen molar-refractivity contribution >= 4 is 5.69 Å². The number of benzene rings is 2. The molecule has 2 heteroatoms. The molecular formula is C19H18FN. The van der Waals surface area contributed by atoms with E-state index in [0.717, 1.165) is 12.0 Å². The third-order valence-corrected chi connectivity index (χ3v) is 3.99. The lowest BCUT2D eigenvalue weighted by Crippen LogP contribution is -2.29. The largest absolute Gasteiger partial charge is 0.357 e. The molecule has 2 aromatic carbocycles. The Morgan fingerprint density at radius 2 is 2.05 bits per heavy atom. The Bertz CT molecular complexity index is 724. The average molecular weight is 279 g/mol. The van der Waals surface area contributed by atoms with Crippen LogP contribution in [0.1, 0.15) is 23.6 Å². The third-order valence-electron chi connectivity index (χ3n) is 3.99. The van der Waals surface area contributed by atoms with E-state index in [1.54, 1.807) is 19.1 Å². The number of hydrogen-bond donors (Lipinski definition) is 0. The smallest absolute Gasteiger partial charge is 0.126 e. The summed E-state index contributed by atoms with van der Waals surface area (Å²) in [6.45, 7) is 4.69. The van der Waals surface area contributed by atoms with E-state index in [0.29, 0.717) is 18.2 Å². The molecule has 1 aliphatic rings. The Hall–Kier alpha value is -2.27. The van der Waals surface area contributed by atoms with Crippen LogP contribution in [0, 0.1) is 24.6 Å².